The number of sulfonamides is 1. The molecule has 1 atom stereocenters. The number of carbonyl (C=O) groups is 1. The van der Waals surface area contributed by atoms with Gasteiger partial charge in [0.2, 0.25) is 10.0 Å². The van der Waals surface area contributed by atoms with Crippen molar-refractivity contribution < 1.29 is 17.9 Å². The molecule has 2 heterocycles. The number of hydrogen-bond acceptors (Lipinski definition) is 7. The van der Waals surface area contributed by atoms with Crippen molar-refractivity contribution in [2.24, 2.45) is 5.41 Å². The maximum absolute atomic E-state index is 13.1. The van der Waals surface area contributed by atoms with Crippen molar-refractivity contribution in [2.75, 3.05) is 35.6 Å². The number of aryl methyl sites for hydroxylation is 1. The van der Waals surface area contributed by atoms with Crippen molar-refractivity contribution in [2.45, 2.75) is 46.0 Å². The van der Waals surface area contributed by atoms with E-state index < -0.39 is 16.0 Å². The van der Waals surface area contributed by atoms with Crippen molar-refractivity contribution in [1.29, 1.82) is 0 Å². The average molecular weight is 604 g/mol. The van der Waals surface area contributed by atoms with Crippen LogP contribution < -0.4 is 9.62 Å². The van der Waals surface area contributed by atoms with Gasteiger partial charge < -0.3 is 9.64 Å². The Kier molecular flexibility index (Phi) is 7.76. The van der Waals surface area contributed by atoms with Gasteiger partial charge in [-0.05, 0) is 73.8 Å². The number of nitrogens with zero attached hydrogens (tertiary/aromatic N) is 3. The van der Waals surface area contributed by atoms with Crippen LogP contribution in [0.15, 0.2) is 36.4 Å². The van der Waals surface area contributed by atoms with E-state index in [0.717, 1.165) is 25.5 Å². The second-order valence-electron chi connectivity index (χ2n) is 10.7. The van der Waals surface area contributed by atoms with Gasteiger partial charge >= 0.3 is 5.97 Å². The van der Waals surface area contributed by atoms with Gasteiger partial charge in [0, 0.05) is 24.3 Å². The van der Waals surface area contributed by atoms with Crippen LogP contribution in [0.1, 0.15) is 59.9 Å². The van der Waals surface area contributed by atoms with Crippen molar-refractivity contribution in [1.82, 2.24) is 9.97 Å². The van der Waals surface area contributed by atoms with Crippen molar-refractivity contribution in [3.05, 3.63) is 69.0 Å². The third kappa shape index (κ3) is 5.39. The maximum atomic E-state index is 13.1. The van der Waals surface area contributed by atoms with E-state index in [2.05, 4.69) is 16.5 Å². The fraction of sp³-hybridized carbons (Fsp3) is 0.414. The summed E-state index contributed by atoms with van der Waals surface area (Å²) in [5.41, 5.74) is 4.98. The van der Waals surface area contributed by atoms with Crippen LogP contribution in [0.5, 0.6) is 0 Å². The van der Waals surface area contributed by atoms with Gasteiger partial charge in [-0.2, -0.15) is 0 Å². The van der Waals surface area contributed by atoms with E-state index in [4.69, 9.17) is 37.9 Å². The van der Waals surface area contributed by atoms with Gasteiger partial charge in [-0.3, -0.25) is 4.72 Å². The molecule has 40 heavy (non-hydrogen) atoms. The number of fused-ring (bicyclic) bond motifs is 1. The molecule has 3 aromatic rings. The van der Waals surface area contributed by atoms with E-state index in [0.29, 0.717) is 57.5 Å². The van der Waals surface area contributed by atoms with Gasteiger partial charge in [0.25, 0.3) is 0 Å². The molecular weight excluding hydrogens is 571 g/mol. The van der Waals surface area contributed by atoms with Crippen LogP contribution in [-0.4, -0.2) is 50.3 Å². The predicted molar refractivity (Wildman–Crippen MR) is 159 cm³/mol. The van der Waals surface area contributed by atoms with Crippen LogP contribution in [0.2, 0.25) is 10.0 Å². The van der Waals surface area contributed by atoms with E-state index in [1.807, 2.05) is 25.1 Å². The van der Waals surface area contributed by atoms with Crippen molar-refractivity contribution in [3.63, 3.8) is 0 Å². The number of hydrogen-bond donors (Lipinski definition) is 1. The second kappa shape index (κ2) is 10.8. The summed E-state index contributed by atoms with van der Waals surface area (Å²) in [6.07, 6.45) is 3.81. The zero-order valence-corrected chi connectivity index (χ0v) is 25.3. The highest BCUT2D eigenvalue weighted by molar-refractivity contribution is 7.92. The third-order valence-corrected chi connectivity index (χ3v) is 9.59. The number of rotatable bonds is 6. The first kappa shape index (κ1) is 28.6. The molecule has 11 heteroatoms. The van der Waals surface area contributed by atoms with Gasteiger partial charge in [-0.25, -0.2) is 23.2 Å². The number of anilines is 2. The average Bonchev–Trinajstić information content (AvgIpc) is 3.15. The Bertz CT molecular complexity index is 1590. The summed E-state index contributed by atoms with van der Waals surface area (Å²) in [6, 6.07) is 11.1. The van der Waals surface area contributed by atoms with E-state index in [-0.39, 0.29) is 17.7 Å². The second-order valence-corrected chi connectivity index (χ2v) is 13.2. The number of ether oxygens (including phenoxy) is 1. The SMILES string of the molecule is CCOC(=O)c1nc(-c2cccc(Cl)c2Cl)c(C)nc1N1CCC2(CC1)Cc1cc(NS(C)(=O)=O)ccc1[C@H]2C. The van der Waals surface area contributed by atoms with E-state index in [1.165, 1.54) is 11.1 Å². The molecule has 1 aliphatic heterocycles. The molecule has 1 saturated heterocycles. The standard InChI is InChI=1S/C29H32Cl2N4O4S/c1-5-39-28(36)26-27(32-18(3)25(33-26)22-7-6-8-23(30)24(22)31)35-13-11-29(12-14-35)16-19-15-20(34-40(4,37)38)9-10-21(19)17(29)2/h6-10,15,17,34H,5,11-14,16H2,1-4H3/t17-/m1/s1. The molecular formula is C29H32Cl2N4O4S. The summed E-state index contributed by atoms with van der Waals surface area (Å²) < 4.78 is 31.4. The summed E-state index contributed by atoms with van der Waals surface area (Å²) >= 11 is 12.7. The highest BCUT2D eigenvalue weighted by Gasteiger charge is 2.46. The van der Waals surface area contributed by atoms with Gasteiger partial charge in [-0.1, -0.05) is 48.3 Å². The molecule has 1 spiro atoms. The molecule has 1 N–H and O–H groups in total. The van der Waals surface area contributed by atoms with Crippen molar-refractivity contribution >= 4 is 50.7 Å². The number of aromatic nitrogens is 2. The Hall–Kier alpha value is -2.88. The lowest BCUT2D eigenvalue weighted by Crippen LogP contribution is -2.43. The number of benzene rings is 2. The summed E-state index contributed by atoms with van der Waals surface area (Å²) in [5.74, 6) is 0.300. The Balaban J connectivity index is 1.43. The molecule has 0 unspecified atom stereocenters. The van der Waals surface area contributed by atoms with Gasteiger partial charge in [0.1, 0.15) is 0 Å². The van der Waals surface area contributed by atoms with Crippen LogP contribution in [-0.2, 0) is 21.2 Å². The normalized spacial score (nSPS) is 18.1. The molecule has 0 amide bonds. The lowest BCUT2D eigenvalue weighted by atomic mass is 9.70. The van der Waals surface area contributed by atoms with Gasteiger partial charge in [-0.15, -0.1) is 0 Å². The molecule has 1 fully saturated rings. The molecule has 5 rings (SSSR count). The van der Waals surface area contributed by atoms with Crippen LogP contribution >= 0.6 is 23.2 Å². The summed E-state index contributed by atoms with van der Waals surface area (Å²) in [6.45, 7) is 7.48. The lowest BCUT2D eigenvalue weighted by Gasteiger charge is -2.43. The van der Waals surface area contributed by atoms with Crippen LogP contribution in [0.25, 0.3) is 11.3 Å². The fourth-order valence-corrected chi connectivity index (χ4v) is 7.05. The zero-order chi connectivity index (χ0) is 28.8. The van der Waals surface area contributed by atoms with E-state index in [1.54, 1.807) is 25.1 Å². The molecule has 0 radical (unpaired) electrons. The van der Waals surface area contributed by atoms with E-state index in [9.17, 15) is 13.2 Å². The summed E-state index contributed by atoms with van der Waals surface area (Å²) in [7, 11) is -3.35. The number of nitrogens with one attached hydrogen (secondary N) is 1. The third-order valence-electron chi connectivity index (χ3n) is 8.16. The predicted octanol–water partition coefficient (Wildman–Crippen LogP) is 6.25. The summed E-state index contributed by atoms with van der Waals surface area (Å²) in [4.78, 5) is 24.8. The highest BCUT2D eigenvalue weighted by Crippen LogP contribution is 2.54. The Morgan fingerprint density at radius 2 is 1.90 bits per heavy atom. The van der Waals surface area contributed by atoms with Crippen LogP contribution in [0.4, 0.5) is 11.5 Å². The Morgan fingerprint density at radius 3 is 2.58 bits per heavy atom. The Morgan fingerprint density at radius 1 is 1.18 bits per heavy atom. The molecule has 212 valence electrons. The molecule has 0 bridgehead atoms. The number of esters is 1. The number of carbonyl (C=O) groups excluding carboxylic acids is 1. The van der Waals surface area contributed by atoms with Crippen LogP contribution in [0.3, 0.4) is 0 Å². The first-order valence-electron chi connectivity index (χ1n) is 13.3. The topological polar surface area (TPSA) is 101 Å². The van der Waals surface area contributed by atoms with Crippen LogP contribution in [0, 0.1) is 12.3 Å². The molecule has 2 aliphatic rings. The van der Waals surface area contributed by atoms with E-state index >= 15 is 0 Å². The van der Waals surface area contributed by atoms with Gasteiger partial charge in [0.05, 0.1) is 34.3 Å². The molecule has 2 aromatic carbocycles. The highest BCUT2D eigenvalue weighted by atomic mass is 35.5. The van der Waals surface area contributed by atoms with Crippen molar-refractivity contribution in [3.8, 4) is 11.3 Å². The first-order valence-corrected chi connectivity index (χ1v) is 15.9. The molecule has 0 saturated carbocycles. The molecule has 8 nitrogen and oxygen atoms in total. The van der Waals surface area contributed by atoms with Gasteiger partial charge in [0.15, 0.2) is 11.5 Å². The Labute approximate surface area is 245 Å². The summed E-state index contributed by atoms with van der Waals surface area (Å²) in [5, 5.41) is 0.753. The first-order chi connectivity index (χ1) is 18.9. The molecule has 1 aromatic heterocycles. The monoisotopic (exact) mass is 602 g/mol. The lowest BCUT2D eigenvalue weighted by molar-refractivity contribution is 0.0519. The fourth-order valence-electron chi connectivity index (χ4n) is 6.10. The minimum atomic E-state index is -3.35. The smallest absolute Gasteiger partial charge is 0.360 e. The maximum Gasteiger partial charge on any atom is 0.360 e. The quantitative estimate of drug-likeness (QED) is 0.332. The largest absolute Gasteiger partial charge is 0.461 e. The minimum absolute atomic E-state index is 0.0450. The molecule has 1 aliphatic carbocycles. The minimum Gasteiger partial charge on any atom is -0.461 e. The number of piperidine rings is 1. The zero-order valence-electron chi connectivity index (χ0n) is 22.9. The number of halogens is 2.